The van der Waals surface area contributed by atoms with Gasteiger partial charge in [-0.25, -0.2) is 0 Å². The summed E-state index contributed by atoms with van der Waals surface area (Å²) in [5.41, 5.74) is 3.60. The topological polar surface area (TPSA) is 9.23 Å². The van der Waals surface area contributed by atoms with E-state index in [9.17, 15) is 0 Å². The van der Waals surface area contributed by atoms with Gasteiger partial charge >= 0.3 is 0 Å². The largest absolute Gasteiger partial charge is 0.497 e. The first-order valence-corrected chi connectivity index (χ1v) is 9.99. The number of hydrogen-bond acceptors (Lipinski definition) is 1. The van der Waals surface area contributed by atoms with Gasteiger partial charge in [0.15, 0.2) is 0 Å². The van der Waals surface area contributed by atoms with Crippen molar-refractivity contribution >= 4 is 11.6 Å². The highest BCUT2D eigenvalue weighted by Crippen LogP contribution is 2.46. The van der Waals surface area contributed by atoms with Crippen molar-refractivity contribution in [2.24, 2.45) is 5.92 Å². The molecule has 27 heavy (non-hydrogen) atoms. The highest BCUT2D eigenvalue weighted by molar-refractivity contribution is 6.26. The quantitative estimate of drug-likeness (QED) is 0.390. The molecule has 3 rings (SSSR count). The van der Waals surface area contributed by atoms with E-state index in [-0.39, 0.29) is 5.92 Å². The highest BCUT2D eigenvalue weighted by Gasteiger charge is 2.39. The molecule has 0 aromatic heterocycles. The van der Waals surface area contributed by atoms with Crippen LogP contribution in [-0.2, 0) is 11.3 Å². The molecule has 0 amide bonds. The minimum Gasteiger partial charge on any atom is -0.497 e. The Morgan fingerprint density at radius 2 is 1.33 bits per heavy atom. The van der Waals surface area contributed by atoms with Crippen molar-refractivity contribution in [2.45, 2.75) is 31.1 Å². The van der Waals surface area contributed by atoms with Gasteiger partial charge in [-0.05, 0) is 47.6 Å². The molecule has 1 nitrogen and oxygen atoms in total. The van der Waals surface area contributed by atoms with E-state index in [1.54, 1.807) is 7.11 Å². The second-order valence-corrected chi connectivity index (χ2v) is 7.58. The first kappa shape index (κ1) is 19.5. The molecular weight excluding hydrogens is 352 g/mol. The van der Waals surface area contributed by atoms with Crippen molar-refractivity contribution in [3.63, 3.8) is 0 Å². The van der Waals surface area contributed by atoms with Crippen LogP contribution in [0.25, 0.3) is 0 Å². The highest BCUT2D eigenvalue weighted by atomic mass is 35.5. The fraction of sp³-hybridized carbons (Fsp3) is 0.280. The molecule has 0 aliphatic rings. The Kier molecular flexibility index (Phi) is 6.58. The number of halogens is 1. The lowest BCUT2D eigenvalue weighted by Crippen LogP contribution is -2.32. The van der Waals surface area contributed by atoms with E-state index in [1.807, 2.05) is 24.3 Å². The monoisotopic (exact) mass is 378 g/mol. The van der Waals surface area contributed by atoms with Gasteiger partial charge in [-0.15, -0.1) is 11.6 Å². The fourth-order valence-electron chi connectivity index (χ4n) is 3.84. The Hall–Kier alpha value is -2.25. The molecule has 1 unspecified atom stereocenters. The zero-order valence-electron chi connectivity index (χ0n) is 16.1. The minimum absolute atomic E-state index is 0.280. The van der Waals surface area contributed by atoms with Crippen LogP contribution < -0.4 is 4.74 Å². The molecular formula is C25H27ClO. The van der Waals surface area contributed by atoms with Gasteiger partial charge in [-0.3, -0.25) is 0 Å². The van der Waals surface area contributed by atoms with Crippen LogP contribution in [0.1, 0.15) is 36.5 Å². The third kappa shape index (κ3) is 4.36. The maximum Gasteiger partial charge on any atom is 0.118 e. The van der Waals surface area contributed by atoms with Gasteiger partial charge in [0.05, 0.1) is 12.0 Å². The summed E-state index contributed by atoms with van der Waals surface area (Å²) in [5, 5.41) is 0. The molecule has 1 atom stereocenters. The first-order chi connectivity index (χ1) is 13.2. The Balaban J connectivity index is 2.03. The van der Waals surface area contributed by atoms with Crippen LogP contribution in [0.2, 0.25) is 0 Å². The zero-order valence-corrected chi connectivity index (χ0v) is 16.8. The third-order valence-corrected chi connectivity index (χ3v) is 5.97. The van der Waals surface area contributed by atoms with Crippen molar-refractivity contribution in [3.05, 3.63) is 102 Å². The Morgan fingerprint density at radius 1 is 0.815 bits per heavy atom. The number of benzene rings is 3. The van der Waals surface area contributed by atoms with E-state index in [2.05, 4.69) is 67.6 Å². The molecule has 140 valence electrons. The van der Waals surface area contributed by atoms with E-state index >= 15 is 0 Å². The molecule has 0 aliphatic heterocycles. The Labute approximate surface area is 168 Å². The molecule has 0 saturated heterocycles. The average molecular weight is 379 g/mol. The predicted molar refractivity (Wildman–Crippen MR) is 115 cm³/mol. The minimum atomic E-state index is -0.557. The standard InChI is InChI=1S/C25H27ClO/c1-3-10-23(19-20-15-17-24(27-2)18-16-20)25(26,21-11-6-4-7-12-21)22-13-8-5-9-14-22/h4-9,11-18,23H,3,10,19H2,1-2H3. The fourth-order valence-corrected chi connectivity index (χ4v) is 4.27. The predicted octanol–water partition coefficient (Wildman–Crippen LogP) is 6.84. The summed E-state index contributed by atoms with van der Waals surface area (Å²) in [6.07, 6.45) is 3.07. The lowest BCUT2D eigenvalue weighted by molar-refractivity contribution is 0.387. The lowest BCUT2D eigenvalue weighted by atomic mass is 9.75. The molecule has 0 spiro atoms. The Bertz CT molecular complexity index is 772. The smallest absolute Gasteiger partial charge is 0.118 e. The van der Waals surface area contributed by atoms with Gasteiger partial charge in [0, 0.05) is 0 Å². The molecule has 0 aliphatic carbocycles. The van der Waals surface area contributed by atoms with Gasteiger partial charge in [0.25, 0.3) is 0 Å². The van der Waals surface area contributed by atoms with Crippen LogP contribution >= 0.6 is 11.6 Å². The van der Waals surface area contributed by atoms with E-state index in [0.29, 0.717) is 0 Å². The summed E-state index contributed by atoms with van der Waals surface area (Å²) in [4.78, 5) is -0.557. The maximum absolute atomic E-state index is 7.52. The molecule has 0 bridgehead atoms. The second-order valence-electron chi connectivity index (χ2n) is 6.98. The average Bonchev–Trinajstić information content (AvgIpc) is 2.74. The molecule has 2 heteroatoms. The summed E-state index contributed by atoms with van der Waals surface area (Å²) in [6.45, 7) is 2.23. The summed E-state index contributed by atoms with van der Waals surface area (Å²) in [7, 11) is 1.70. The van der Waals surface area contributed by atoms with Gasteiger partial charge in [0.1, 0.15) is 5.75 Å². The van der Waals surface area contributed by atoms with Gasteiger partial charge in [-0.1, -0.05) is 86.1 Å². The summed E-state index contributed by atoms with van der Waals surface area (Å²) in [5.74, 6) is 1.16. The van der Waals surface area contributed by atoms with Crippen molar-refractivity contribution < 1.29 is 4.74 Å². The SMILES string of the molecule is CCCC(Cc1ccc(OC)cc1)C(Cl)(c1ccccc1)c1ccccc1. The van der Waals surface area contributed by atoms with Gasteiger partial charge in [0.2, 0.25) is 0 Å². The summed E-state index contributed by atoms with van der Waals surface area (Å²) >= 11 is 7.52. The van der Waals surface area contributed by atoms with Crippen LogP contribution in [0.15, 0.2) is 84.9 Å². The molecule has 3 aromatic carbocycles. The molecule has 0 fully saturated rings. The van der Waals surface area contributed by atoms with E-state index < -0.39 is 4.87 Å². The number of rotatable bonds is 8. The second kappa shape index (κ2) is 9.10. The van der Waals surface area contributed by atoms with Crippen LogP contribution in [0.4, 0.5) is 0 Å². The normalized spacial score (nSPS) is 12.6. The molecule has 0 N–H and O–H groups in total. The Morgan fingerprint density at radius 3 is 1.78 bits per heavy atom. The van der Waals surface area contributed by atoms with Crippen molar-refractivity contribution in [1.29, 1.82) is 0 Å². The van der Waals surface area contributed by atoms with E-state index in [0.717, 1.165) is 36.1 Å². The van der Waals surface area contributed by atoms with Crippen molar-refractivity contribution in [1.82, 2.24) is 0 Å². The van der Waals surface area contributed by atoms with E-state index in [4.69, 9.17) is 16.3 Å². The van der Waals surface area contributed by atoms with Crippen LogP contribution in [0.5, 0.6) is 5.75 Å². The number of alkyl halides is 1. The molecule has 0 saturated carbocycles. The van der Waals surface area contributed by atoms with Gasteiger partial charge < -0.3 is 4.74 Å². The molecule has 0 radical (unpaired) electrons. The van der Waals surface area contributed by atoms with Crippen LogP contribution in [0, 0.1) is 5.92 Å². The molecule has 3 aromatic rings. The third-order valence-electron chi connectivity index (χ3n) is 5.23. The number of methoxy groups -OCH3 is 1. The van der Waals surface area contributed by atoms with Crippen LogP contribution in [0.3, 0.4) is 0 Å². The van der Waals surface area contributed by atoms with Crippen molar-refractivity contribution in [2.75, 3.05) is 7.11 Å². The zero-order chi connectivity index (χ0) is 19.1. The van der Waals surface area contributed by atoms with E-state index in [1.165, 1.54) is 5.56 Å². The lowest BCUT2D eigenvalue weighted by Gasteiger charge is -2.37. The number of ether oxygens (including phenoxy) is 1. The van der Waals surface area contributed by atoms with Crippen LogP contribution in [-0.4, -0.2) is 7.11 Å². The maximum atomic E-state index is 7.52. The number of hydrogen-bond donors (Lipinski definition) is 0. The van der Waals surface area contributed by atoms with Crippen molar-refractivity contribution in [3.8, 4) is 5.75 Å². The molecule has 0 heterocycles. The first-order valence-electron chi connectivity index (χ1n) is 9.61. The summed E-state index contributed by atoms with van der Waals surface area (Å²) < 4.78 is 5.30. The summed E-state index contributed by atoms with van der Waals surface area (Å²) in [6, 6.07) is 29.3. The van der Waals surface area contributed by atoms with Gasteiger partial charge in [-0.2, -0.15) is 0 Å².